The third-order valence-electron chi connectivity index (χ3n) is 5.06. The molecule has 0 fully saturated rings. The Morgan fingerprint density at radius 1 is 1.03 bits per heavy atom. The van der Waals surface area contributed by atoms with Gasteiger partial charge in [-0.15, -0.1) is 11.8 Å². The first-order valence-corrected chi connectivity index (χ1v) is 13.8. The molecule has 9 nitrogen and oxygen atoms in total. The van der Waals surface area contributed by atoms with Crippen molar-refractivity contribution in [2.75, 3.05) is 15.8 Å². The number of aryl methyl sites for hydroxylation is 1. The van der Waals surface area contributed by atoms with Gasteiger partial charge < -0.3 is 11.1 Å². The molecule has 0 aliphatic carbocycles. The summed E-state index contributed by atoms with van der Waals surface area (Å²) in [6.07, 6.45) is 0. The number of nitrogens with two attached hydrogens (primary N) is 1. The van der Waals surface area contributed by atoms with Crippen LogP contribution in [0.1, 0.15) is 16.1 Å². The molecule has 0 bridgehead atoms. The molecule has 0 saturated carbocycles. The zero-order chi connectivity index (χ0) is 26.7. The van der Waals surface area contributed by atoms with E-state index in [0.717, 1.165) is 23.2 Å². The Hall–Kier alpha value is -3.38. The van der Waals surface area contributed by atoms with Gasteiger partial charge in [0.05, 0.1) is 27.5 Å². The van der Waals surface area contributed by atoms with Crippen LogP contribution in [0.25, 0.3) is 10.9 Å². The van der Waals surface area contributed by atoms with Crippen molar-refractivity contribution in [3.63, 3.8) is 0 Å². The van der Waals surface area contributed by atoms with Gasteiger partial charge in [0, 0.05) is 21.0 Å². The monoisotopic (exact) mass is 575 g/mol. The minimum atomic E-state index is -4.33. The lowest BCUT2D eigenvalue weighted by atomic mass is 10.2. The molecular weight excluding hydrogens is 557 g/mol. The summed E-state index contributed by atoms with van der Waals surface area (Å²) >= 11 is 13.1. The Morgan fingerprint density at radius 2 is 1.73 bits per heavy atom. The number of rotatable bonds is 8. The van der Waals surface area contributed by atoms with Crippen LogP contribution in [0.15, 0.2) is 70.5 Å². The van der Waals surface area contributed by atoms with E-state index in [1.165, 1.54) is 6.07 Å². The number of carbonyl (C=O) groups excluding carboxylic acids is 2. The van der Waals surface area contributed by atoms with E-state index in [4.69, 9.17) is 28.9 Å². The summed E-state index contributed by atoms with van der Waals surface area (Å²) in [6, 6.07) is 15.9. The molecule has 1 aromatic heterocycles. The van der Waals surface area contributed by atoms with Gasteiger partial charge in [0.15, 0.2) is 0 Å². The van der Waals surface area contributed by atoms with E-state index in [9.17, 15) is 18.0 Å². The van der Waals surface area contributed by atoms with Crippen molar-refractivity contribution in [1.82, 2.24) is 9.97 Å². The van der Waals surface area contributed by atoms with Gasteiger partial charge in [-0.25, -0.2) is 23.1 Å². The molecule has 4 N–H and O–H groups in total. The summed E-state index contributed by atoms with van der Waals surface area (Å²) in [6.45, 7) is 1.73. The van der Waals surface area contributed by atoms with E-state index in [1.54, 1.807) is 43.3 Å². The Morgan fingerprint density at radius 3 is 2.43 bits per heavy atom. The number of fused-ring (bicyclic) bond motifs is 1. The molecule has 4 rings (SSSR count). The minimum absolute atomic E-state index is 0.0183. The number of nitrogens with one attached hydrogen (secondary N) is 2. The quantitative estimate of drug-likeness (QED) is 0.254. The fourth-order valence-electron chi connectivity index (χ4n) is 3.37. The number of amides is 2. The summed E-state index contributed by atoms with van der Waals surface area (Å²) in [4.78, 5) is 32.7. The van der Waals surface area contributed by atoms with Crippen LogP contribution in [0.5, 0.6) is 0 Å². The molecule has 0 aliphatic rings. The lowest BCUT2D eigenvalue weighted by Crippen LogP contribution is -2.19. The Balaban J connectivity index is 1.74. The molecule has 0 radical (unpaired) electrons. The number of sulfonamides is 1. The number of thioether (sulfide) groups is 1. The molecule has 0 aliphatic heterocycles. The molecular formula is C24H19Cl2N5O4S2. The number of aromatic nitrogens is 2. The Kier molecular flexibility index (Phi) is 7.88. The van der Waals surface area contributed by atoms with Gasteiger partial charge >= 0.3 is 0 Å². The SMILES string of the molecule is Cc1nc(NS(=O)(=O)c2cc(C(=O)Nc3ccc(Cl)cc3)c(Cl)cc2SCC(N)=O)nc2ccccc12. The number of anilines is 2. The van der Waals surface area contributed by atoms with Crippen molar-refractivity contribution in [2.45, 2.75) is 16.7 Å². The summed E-state index contributed by atoms with van der Waals surface area (Å²) in [5, 5.41) is 3.89. The maximum Gasteiger partial charge on any atom is 0.265 e. The first-order chi connectivity index (χ1) is 17.5. The summed E-state index contributed by atoms with van der Waals surface area (Å²) in [5.74, 6) is -1.66. The number of benzene rings is 3. The van der Waals surface area contributed by atoms with Gasteiger partial charge in [0.25, 0.3) is 15.9 Å². The smallest absolute Gasteiger partial charge is 0.265 e. The second-order valence-electron chi connectivity index (χ2n) is 7.75. The van der Waals surface area contributed by atoms with Gasteiger partial charge in [-0.2, -0.15) is 0 Å². The molecule has 0 unspecified atom stereocenters. The van der Waals surface area contributed by atoms with Crippen molar-refractivity contribution in [2.24, 2.45) is 5.73 Å². The van der Waals surface area contributed by atoms with Gasteiger partial charge in [-0.1, -0.05) is 41.4 Å². The second kappa shape index (κ2) is 10.9. The van der Waals surface area contributed by atoms with E-state index in [2.05, 4.69) is 20.0 Å². The highest BCUT2D eigenvalue weighted by Gasteiger charge is 2.25. The molecule has 13 heteroatoms. The third-order valence-corrected chi connectivity index (χ3v) is 8.20. The van der Waals surface area contributed by atoms with Crippen molar-refractivity contribution in [3.8, 4) is 0 Å². The summed E-state index contributed by atoms with van der Waals surface area (Å²) in [7, 11) is -4.33. The van der Waals surface area contributed by atoms with Crippen LogP contribution in [0.2, 0.25) is 10.0 Å². The lowest BCUT2D eigenvalue weighted by molar-refractivity contribution is -0.115. The number of hydrogen-bond acceptors (Lipinski definition) is 7. The predicted molar refractivity (Wildman–Crippen MR) is 146 cm³/mol. The molecule has 0 atom stereocenters. The third kappa shape index (κ3) is 6.31. The second-order valence-corrected chi connectivity index (χ2v) is 11.3. The van der Waals surface area contributed by atoms with E-state index >= 15 is 0 Å². The standard InChI is InChI=1S/C24H19Cl2N5O4S2/c1-13-16-4-2-3-5-19(16)30-24(28-13)31-37(34,35)21-10-17(18(26)11-20(21)36-12-22(27)32)23(33)29-15-8-6-14(25)7-9-15/h2-11H,12H2,1H3,(H2,27,32)(H,29,33)(H,28,30,31). The zero-order valence-corrected chi connectivity index (χ0v) is 22.3. The van der Waals surface area contributed by atoms with E-state index in [-0.39, 0.29) is 32.1 Å². The van der Waals surface area contributed by atoms with Crippen LogP contribution >= 0.6 is 35.0 Å². The van der Waals surface area contributed by atoms with Crippen molar-refractivity contribution in [1.29, 1.82) is 0 Å². The highest BCUT2D eigenvalue weighted by Crippen LogP contribution is 2.33. The van der Waals surface area contributed by atoms with Gasteiger partial charge in [-0.05, 0) is 49.4 Å². The molecule has 1 heterocycles. The number of carbonyl (C=O) groups is 2. The van der Waals surface area contributed by atoms with Gasteiger partial charge in [-0.3, -0.25) is 9.59 Å². The molecule has 37 heavy (non-hydrogen) atoms. The first-order valence-electron chi connectivity index (χ1n) is 10.6. The van der Waals surface area contributed by atoms with E-state index in [0.29, 0.717) is 21.9 Å². The number of nitrogens with zero attached hydrogens (tertiary/aromatic N) is 2. The number of primary amides is 1. The van der Waals surface area contributed by atoms with Crippen molar-refractivity contribution < 1.29 is 18.0 Å². The number of para-hydroxylation sites is 1. The van der Waals surface area contributed by atoms with Crippen LogP contribution < -0.4 is 15.8 Å². The highest BCUT2D eigenvalue weighted by molar-refractivity contribution is 8.01. The Labute approximate surface area is 226 Å². The number of halogens is 2. The summed E-state index contributed by atoms with van der Waals surface area (Å²) in [5.41, 5.74) is 6.71. The topological polar surface area (TPSA) is 144 Å². The molecule has 190 valence electrons. The Bertz CT molecular complexity index is 1630. The van der Waals surface area contributed by atoms with Crippen LogP contribution in [0.3, 0.4) is 0 Å². The van der Waals surface area contributed by atoms with E-state index in [1.807, 2.05) is 12.1 Å². The fraction of sp³-hybridized carbons (Fsp3) is 0.0833. The van der Waals surface area contributed by atoms with Crippen molar-refractivity contribution >= 4 is 79.3 Å². The normalized spacial score (nSPS) is 11.3. The van der Waals surface area contributed by atoms with Crippen LogP contribution in [0.4, 0.5) is 11.6 Å². The summed E-state index contributed by atoms with van der Waals surface area (Å²) < 4.78 is 29.3. The molecule has 4 aromatic rings. The molecule has 0 saturated heterocycles. The predicted octanol–water partition coefficient (Wildman–Crippen LogP) is 4.88. The minimum Gasteiger partial charge on any atom is -0.369 e. The first kappa shape index (κ1) is 26.7. The van der Waals surface area contributed by atoms with Crippen LogP contribution in [-0.4, -0.2) is 36.0 Å². The van der Waals surface area contributed by atoms with Gasteiger partial charge in [0.1, 0.15) is 4.90 Å². The average molecular weight is 576 g/mol. The highest BCUT2D eigenvalue weighted by atomic mass is 35.5. The van der Waals surface area contributed by atoms with Crippen LogP contribution in [-0.2, 0) is 14.8 Å². The molecule has 0 spiro atoms. The average Bonchev–Trinajstić information content (AvgIpc) is 2.83. The molecule has 2 amide bonds. The maximum atomic E-state index is 13.5. The largest absolute Gasteiger partial charge is 0.369 e. The fourth-order valence-corrected chi connectivity index (χ4v) is 6.05. The zero-order valence-electron chi connectivity index (χ0n) is 19.2. The van der Waals surface area contributed by atoms with Crippen LogP contribution in [0, 0.1) is 6.92 Å². The lowest BCUT2D eigenvalue weighted by Gasteiger charge is -2.15. The number of hydrogen-bond donors (Lipinski definition) is 3. The maximum absolute atomic E-state index is 13.5. The van der Waals surface area contributed by atoms with Crippen molar-refractivity contribution in [3.05, 3.63) is 82.0 Å². The van der Waals surface area contributed by atoms with Gasteiger partial charge in [0.2, 0.25) is 11.9 Å². The van der Waals surface area contributed by atoms with E-state index < -0.39 is 21.8 Å². The molecule has 3 aromatic carbocycles.